The number of carboxylic acids is 1. The molecule has 0 bridgehead atoms. The van der Waals surface area contributed by atoms with Crippen LogP contribution in [0.4, 0.5) is 5.82 Å². The normalized spacial score (nSPS) is 18.0. The number of carboxylic acid groups (broad SMARTS) is 1. The molecule has 1 N–H and O–H groups in total. The molecule has 2 aliphatic rings. The third-order valence-electron chi connectivity index (χ3n) is 5.08. The van der Waals surface area contributed by atoms with Crippen LogP contribution in [-0.2, 0) is 24.1 Å². The van der Waals surface area contributed by atoms with Gasteiger partial charge in [0.2, 0.25) is 0 Å². The first kappa shape index (κ1) is 15.8. The minimum Gasteiger partial charge on any atom is -0.481 e. The van der Waals surface area contributed by atoms with Gasteiger partial charge in [-0.25, -0.2) is 9.97 Å². The highest BCUT2D eigenvalue weighted by Crippen LogP contribution is 2.41. The van der Waals surface area contributed by atoms with Crippen molar-refractivity contribution in [1.82, 2.24) is 9.97 Å². The van der Waals surface area contributed by atoms with E-state index < -0.39 is 5.97 Å². The Hall–Kier alpha value is -1.69. The van der Waals surface area contributed by atoms with Gasteiger partial charge in [0.1, 0.15) is 22.9 Å². The zero-order valence-corrected chi connectivity index (χ0v) is 14.9. The smallest absolute Gasteiger partial charge is 0.311 e. The summed E-state index contributed by atoms with van der Waals surface area (Å²) in [6.07, 6.45) is 9.57. The van der Waals surface area contributed by atoms with E-state index >= 15 is 0 Å². The fraction of sp³-hybridized carbons (Fsp3) is 0.611. The van der Waals surface area contributed by atoms with Gasteiger partial charge in [0.15, 0.2) is 0 Å². The van der Waals surface area contributed by atoms with Crippen LogP contribution in [0.3, 0.4) is 0 Å². The maximum atomic E-state index is 11.1. The van der Waals surface area contributed by atoms with E-state index in [1.54, 1.807) is 11.3 Å². The number of anilines is 1. The number of nitrogens with zero attached hydrogens (tertiary/aromatic N) is 3. The van der Waals surface area contributed by atoms with Crippen LogP contribution in [0.2, 0.25) is 0 Å². The maximum absolute atomic E-state index is 11.1. The number of rotatable bonds is 4. The zero-order chi connectivity index (χ0) is 16.7. The van der Waals surface area contributed by atoms with Gasteiger partial charge >= 0.3 is 5.97 Å². The summed E-state index contributed by atoms with van der Waals surface area (Å²) in [5, 5.41) is 10.3. The molecule has 0 amide bonds. The summed E-state index contributed by atoms with van der Waals surface area (Å²) in [7, 11) is 2.09. The van der Waals surface area contributed by atoms with Gasteiger partial charge in [-0.15, -0.1) is 11.3 Å². The van der Waals surface area contributed by atoms with Gasteiger partial charge in [0.05, 0.1) is 5.39 Å². The van der Waals surface area contributed by atoms with Crippen LogP contribution in [-0.4, -0.2) is 34.1 Å². The van der Waals surface area contributed by atoms with Crippen molar-refractivity contribution in [2.24, 2.45) is 0 Å². The van der Waals surface area contributed by atoms with E-state index in [1.807, 2.05) is 0 Å². The summed E-state index contributed by atoms with van der Waals surface area (Å²) in [5.74, 6) is 0.521. The molecule has 0 radical (unpaired) electrons. The highest BCUT2D eigenvalue weighted by molar-refractivity contribution is 7.19. The lowest BCUT2D eigenvalue weighted by molar-refractivity contribution is -0.136. The highest BCUT2D eigenvalue weighted by atomic mass is 32.1. The predicted octanol–water partition coefficient (Wildman–Crippen LogP) is 3.58. The molecule has 2 aromatic heterocycles. The molecule has 128 valence electrons. The Bertz CT molecular complexity index is 782. The van der Waals surface area contributed by atoms with E-state index in [0.29, 0.717) is 11.9 Å². The van der Waals surface area contributed by atoms with Crippen molar-refractivity contribution in [3.05, 3.63) is 16.3 Å². The number of carbonyl (C=O) groups is 1. The first-order chi connectivity index (χ1) is 11.6. The van der Waals surface area contributed by atoms with E-state index in [1.165, 1.54) is 54.4 Å². The Labute approximate surface area is 145 Å². The summed E-state index contributed by atoms with van der Waals surface area (Å²) in [6.45, 7) is 0. The second-order valence-corrected chi connectivity index (χ2v) is 8.06. The Morgan fingerprint density at radius 2 is 1.96 bits per heavy atom. The second kappa shape index (κ2) is 6.31. The van der Waals surface area contributed by atoms with Gasteiger partial charge in [-0.2, -0.15) is 0 Å². The van der Waals surface area contributed by atoms with Crippen molar-refractivity contribution in [2.45, 2.75) is 63.8 Å². The quantitative estimate of drug-likeness (QED) is 0.917. The molecule has 2 aromatic rings. The van der Waals surface area contributed by atoms with Crippen molar-refractivity contribution in [3.63, 3.8) is 0 Å². The molecular weight excluding hydrogens is 322 g/mol. The topological polar surface area (TPSA) is 66.3 Å². The van der Waals surface area contributed by atoms with Crippen molar-refractivity contribution in [3.8, 4) is 0 Å². The summed E-state index contributed by atoms with van der Waals surface area (Å²) in [6, 6.07) is 0.546. The third kappa shape index (κ3) is 2.99. The van der Waals surface area contributed by atoms with Crippen molar-refractivity contribution >= 4 is 33.3 Å². The third-order valence-corrected chi connectivity index (χ3v) is 6.27. The highest BCUT2D eigenvalue weighted by Gasteiger charge is 2.30. The van der Waals surface area contributed by atoms with Gasteiger partial charge in [-0.1, -0.05) is 12.8 Å². The second-order valence-electron chi connectivity index (χ2n) is 6.97. The molecule has 2 aliphatic carbocycles. The molecule has 0 atom stereocenters. The van der Waals surface area contributed by atoms with Crippen LogP contribution in [0, 0.1) is 0 Å². The Balaban J connectivity index is 1.87. The number of hydrogen-bond donors (Lipinski definition) is 1. The van der Waals surface area contributed by atoms with E-state index in [0.717, 1.165) is 23.5 Å². The molecule has 0 aliphatic heterocycles. The fourth-order valence-electron chi connectivity index (χ4n) is 3.64. The van der Waals surface area contributed by atoms with Gasteiger partial charge in [0, 0.05) is 18.0 Å². The van der Waals surface area contributed by atoms with E-state index in [4.69, 9.17) is 5.11 Å². The van der Waals surface area contributed by atoms with Crippen LogP contribution in [0.1, 0.15) is 54.8 Å². The molecule has 0 unspecified atom stereocenters. The van der Waals surface area contributed by atoms with E-state index in [-0.39, 0.29) is 6.42 Å². The number of thiophene rings is 1. The molecule has 0 saturated heterocycles. The molecule has 1 saturated carbocycles. The molecule has 0 aromatic carbocycles. The SMILES string of the molecule is CN(c1nc(CC(=O)O)nc2sc3c(c12)CCCCCC3)C1CC1. The van der Waals surface area contributed by atoms with Gasteiger partial charge < -0.3 is 10.0 Å². The van der Waals surface area contributed by atoms with Gasteiger partial charge in [-0.05, 0) is 44.1 Å². The molecular formula is C18H23N3O2S. The number of aliphatic carboxylic acids is 1. The minimum absolute atomic E-state index is 0.107. The summed E-state index contributed by atoms with van der Waals surface area (Å²) in [4.78, 5) is 25.1. The monoisotopic (exact) mass is 345 g/mol. The lowest BCUT2D eigenvalue weighted by Crippen LogP contribution is -2.22. The Morgan fingerprint density at radius 1 is 1.21 bits per heavy atom. The Morgan fingerprint density at radius 3 is 2.67 bits per heavy atom. The Kier molecular flexibility index (Phi) is 4.16. The fourth-order valence-corrected chi connectivity index (χ4v) is 4.91. The number of fused-ring (bicyclic) bond motifs is 3. The first-order valence-electron chi connectivity index (χ1n) is 8.89. The first-order valence-corrected chi connectivity index (χ1v) is 9.71. The average molecular weight is 345 g/mol. The van der Waals surface area contributed by atoms with Crippen molar-refractivity contribution in [2.75, 3.05) is 11.9 Å². The molecule has 24 heavy (non-hydrogen) atoms. The van der Waals surface area contributed by atoms with Crippen molar-refractivity contribution < 1.29 is 9.90 Å². The van der Waals surface area contributed by atoms with Gasteiger partial charge in [-0.3, -0.25) is 4.79 Å². The van der Waals surface area contributed by atoms with E-state index in [2.05, 4.69) is 21.9 Å². The molecule has 6 heteroatoms. The van der Waals surface area contributed by atoms with Crippen LogP contribution in [0.5, 0.6) is 0 Å². The largest absolute Gasteiger partial charge is 0.481 e. The number of aromatic nitrogens is 2. The molecule has 1 fully saturated rings. The predicted molar refractivity (Wildman–Crippen MR) is 96.1 cm³/mol. The van der Waals surface area contributed by atoms with Crippen LogP contribution in [0.25, 0.3) is 10.2 Å². The summed E-state index contributed by atoms with van der Waals surface area (Å²) < 4.78 is 0. The average Bonchev–Trinajstić information content (AvgIpc) is 3.30. The van der Waals surface area contributed by atoms with Gasteiger partial charge in [0.25, 0.3) is 0 Å². The molecule has 0 spiro atoms. The van der Waals surface area contributed by atoms with Crippen LogP contribution < -0.4 is 4.90 Å². The van der Waals surface area contributed by atoms with E-state index in [9.17, 15) is 4.79 Å². The standard InChI is InChI=1S/C18H23N3O2S/c1-21(11-8-9-11)17-16-12-6-4-2-3-5-7-13(12)24-18(16)20-14(19-17)10-15(22)23/h11H,2-10H2,1H3,(H,22,23). The zero-order valence-electron chi connectivity index (χ0n) is 14.0. The lowest BCUT2D eigenvalue weighted by atomic mass is 9.97. The minimum atomic E-state index is -0.871. The molecule has 2 heterocycles. The lowest BCUT2D eigenvalue weighted by Gasteiger charge is -2.20. The molecule has 5 nitrogen and oxygen atoms in total. The number of aryl methyl sites for hydroxylation is 2. The summed E-state index contributed by atoms with van der Waals surface area (Å²) >= 11 is 1.76. The summed E-state index contributed by atoms with van der Waals surface area (Å²) in [5.41, 5.74) is 1.43. The number of hydrogen-bond acceptors (Lipinski definition) is 5. The molecule has 4 rings (SSSR count). The van der Waals surface area contributed by atoms with Crippen molar-refractivity contribution in [1.29, 1.82) is 0 Å². The van der Waals surface area contributed by atoms with Crippen LogP contribution in [0.15, 0.2) is 0 Å². The van der Waals surface area contributed by atoms with Crippen LogP contribution >= 0.6 is 11.3 Å². The maximum Gasteiger partial charge on any atom is 0.311 e.